The highest BCUT2D eigenvalue weighted by Crippen LogP contribution is 2.21. The number of hydrogen-bond acceptors (Lipinski definition) is 3. The minimum absolute atomic E-state index is 0.0961. The van der Waals surface area contributed by atoms with Crippen LogP contribution in [0.3, 0.4) is 0 Å². The van der Waals surface area contributed by atoms with E-state index in [0.717, 1.165) is 16.7 Å². The van der Waals surface area contributed by atoms with Gasteiger partial charge in [-0.3, -0.25) is 9.59 Å². The number of hydrogen-bond donors (Lipinski definition) is 2. The van der Waals surface area contributed by atoms with Gasteiger partial charge in [-0.05, 0) is 37.1 Å². The number of ether oxygens (including phenoxy) is 1. The van der Waals surface area contributed by atoms with Gasteiger partial charge in [0.1, 0.15) is 5.75 Å². The predicted molar refractivity (Wildman–Crippen MR) is 92.5 cm³/mol. The highest BCUT2D eigenvalue weighted by Gasteiger charge is 2.09. The van der Waals surface area contributed by atoms with Gasteiger partial charge in [-0.15, -0.1) is 0 Å². The monoisotopic (exact) mass is 327 g/mol. The first-order valence-electron chi connectivity index (χ1n) is 7.72. The summed E-state index contributed by atoms with van der Waals surface area (Å²) in [5.41, 5.74) is 3.52. The molecule has 1 amide bonds. The largest absolute Gasteiger partial charge is 0.496 e. The molecule has 0 saturated carbocycles. The third-order valence-corrected chi connectivity index (χ3v) is 3.65. The zero-order valence-electron chi connectivity index (χ0n) is 13.8. The molecule has 0 aliphatic rings. The molecule has 0 radical (unpaired) electrons. The van der Waals surface area contributed by atoms with Crippen molar-refractivity contribution in [3.8, 4) is 5.75 Å². The second-order valence-corrected chi connectivity index (χ2v) is 5.63. The molecule has 0 unspecified atom stereocenters. The molecule has 2 N–H and O–H groups in total. The van der Waals surface area contributed by atoms with Crippen LogP contribution in [0.15, 0.2) is 42.5 Å². The van der Waals surface area contributed by atoms with Gasteiger partial charge < -0.3 is 15.2 Å². The van der Waals surface area contributed by atoms with Crippen LogP contribution < -0.4 is 10.1 Å². The lowest BCUT2D eigenvalue weighted by Crippen LogP contribution is -2.15. The summed E-state index contributed by atoms with van der Waals surface area (Å²) >= 11 is 0. The van der Waals surface area contributed by atoms with Crippen LogP contribution >= 0.6 is 0 Å². The molecule has 0 spiro atoms. The third kappa shape index (κ3) is 5.12. The van der Waals surface area contributed by atoms with Crippen LogP contribution in [0.2, 0.25) is 0 Å². The van der Waals surface area contributed by atoms with Crippen LogP contribution in [-0.4, -0.2) is 24.1 Å². The van der Waals surface area contributed by atoms with Gasteiger partial charge in [-0.2, -0.15) is 0 Å². The zero-order chi connectivity index (χ0) is 17.5. The maximum atomic E-state index is 12.2. The lowest BCUT2D eigenvalue weighted by Gasteiger charge is -2.10. The van der Waals surface area contributed by atoms with Crippen LogP contribution in [0.5, 0.6) is 5.75 Å². The molecule has 0 fully saturated rings. The molecule has 2 rings (SSSR count). The van der Waals surface area contributed by atoms with Gasteiger partial charge in [0.15, 0.2) is 0 Å². The molecule has 0 aliphatic heterocycles. The van der Waals surface area contributed by atoms with E-state index in [1.54, 1.807) is 19.2 Å². The number of carboxylic acid groups (broad SMARTS) is 1. The van der Waals surface area contributed by atoms with Crippen molar-refractivity contribution in [1.29, 1.82) is 0 Å². The molecular weight excluding hydrogens is 306 g/mol. The number of aliphatic carboxylic acids is 1. The summed E-state index contributed by atoms with van der Waals surface area (Å²) < 4.78 is 5.29. The van der Waals surface area contributed by atoms with E-state index in [4.69, 9.17) is 9.84 Å². The summed E-state index contributed by atoms with van der Waals surface area (Å²) in [5.74, 6) is -0.253. The van der Waals surface area contributed by atoms with Crippen LogP contribution in [0.4, 0.5) is 5.69 Å². The molecule has 5 heteroatoms. The van der Waals surface area contributed by atoms with Gasteiger partial charge in [0.25, 0.3) is 0 Å². The molecular formula is C19H21NO4. The average Bonchev–Trinajstić information content (AvgIpc) is 2.54. The van der Waals surface area contributed by atoms with Gasteiger partial charge >= 0.3 is 5.97 Å². The molecule has 2 aromatic rings. The van der Waals surface area contributed by atoms with Gasteiger partial charge in [-0.1, -0.05) is 29.8 Å². The van der Waals surface area contributed by atoms with Crippen molar-refractivity contribution in [2.45, 2.75) is 26.2 Å². The normalized spacial score (nSPS) is 10.2. The molecule has 0 saturated heterocycles. The summed E-state index contributed by atoms with van der Waals surface area (Å²) in [5, 5.41) is 11.5. The first kappa shape index (κ1) is 17.5. The number of benzene rings is 2. The van der Waals surface area contributed by atoms with Crippen molar-refractivity contribution in [2.75, 3.05) is 12.4 Å². The number of aryl methyl sites for hydroxylation is 2. The SMILES string of the molecule is COc1ccc(C)cc1CC(=O)Nc1ccc(CCC(=O)O)cc1. The molecule has 24 heavy (non-hydrogen) atoms. The van der Waals surface area contributed by atoms with Crippen molar-refractivity contribution in [2.24, 2.45) is 0 Å². The lowest BCUT2D eigenvalue weighted by molar-refractivity contribution is -0.137. The standard InChI is InChI=1S/C19H21NO4/c1-13-3-9-17(24-2)15(11-13)12-18(21)20-16-7-4-14(5-8-16)6-10-19(22)23/h3-5,7-9,11H,6,10,12H2,1-2H3,(H,20,21)(H,22,23). The van der Waals surface area contributed by atoms with Crippen LogP contribution in [0, 0.1) is 6.92 Å². The van der Waals surface area contributed by atoms with Crippen molar-refractivity contribution in [1.82, 2.24) is 0 Å². The average molecular weight is 327 g/mol. The van der Waals surface area contributed by atoms with Gasteiger partial charge in [0.2, 0.25) is 5.91 Å². The lowest BCUT2D eigenvalue weighted by atomic mass is 10.1. The van der Waals surface area contributed by atoms with E-state index in [1.807, 2.05) is 37.3 Å². The molecule has 0 heterocycles. The van der Waals surface area contributed by atoms with E-state index in [0.29, 0.717) is 17.9 Å². The summed E-state index contributed by atoms with van der Waals surface area (Å²) in [6, 6.07) is 12.9. The van der Waals surface area contributed by atoms with Gasteiger partial charge in [0, 0.05) is 17.7 Å². The Labute approximate surface area is 141 Å². The summed E-state index contributed by atoms with van der Waals surface area (Å²) in [7, 11) is 1.59. The van der Waals surface area contributed by atoms with E-state index in [1.165, 1.54) is 0 Å². The third-order valence-electron chi connectivity index (χ3n) is 3.65. The number of amides is 1. The van der Waals surface area contributed by atoms with Crippen molar-refractivity contribution >= 4 is 17.6 Å². The number of rotatable bonds is 7. The molecule has 0 bridgehead atoms. The predicted octanol–water partition coefficient (Wildman–Crippen LogP) is 3.20. The van der Waals surface area contributed by atoms with E-state index < -0.39 is 5.97 Å². The zero-order valence-corrected chi connectivity index (χ0v) is 13.8. The summed E-state index contributed by atoms with van der Waals surface area (Å²) in [4.78, 5) is 22.8. The van der Waals surface area contributed by atoms with Crippen LogP contribution in [0.25, 0.3) is 0 Å². The van der Waals surface area contributed by atoms with Gasteiger partial charge in [0.05, 0.1) is 13.5 Å². The highest BCUT2D eigenvalue weighted by atomic mass is 16.5. The van der Waals surface area contributed by atoms with E-state index in [9.17, 15) is 9.59 Å². The topological polar surface area (TPSA) is 75.6 Å². The Morgan fingerprint density at radius 1 is 1.12 bits per heavy atom. The minimum Gasteiger partial charge on any atom is -0.496 e. The van der Waals surface area contributed by atoms with E-state index >= 15 is 0 Å². The smallest absolute Gasteiger partial charge is 0.303 e. The van der Waals surface area contributed by atoms with Crippen LogP contribution in [-0.2, 0) is 22.4 Å². The Morgan fingerprint density at radius 3 is 2.46 bits per heavy atom. The number of anilines is 1. The Balaban J connectivity index is 1.97. The maximum Gasteiger partial charge on any atom is 0.303 e. The Kier molecular flexibility index (Phi) is 5.95. The first-order valence-corrected chi connectivity index (χ1v) is 7.72. The summed E-state index contributed by atoms with van der Waals surface area (Å²) in [6.07, 6.45) is 0.800. The first-order chi connectivity index (χ1) is 11.5. The molecule has 0 aromatic heterocycles. The maximum absolute atomic E-state index is 12.2. The molecule has 126 valence electrons. The van der Waals surface area contributed by atoms with Crippen LogP contribution in [0.1, 0.15) is 23.1 Å². The van der Waals surface area contributed by atoms with Crippen molar-refractivity contribution < 1.29 is 19.4 Å². The fourth-order valence-corrected chi connectivity index (χ4v) is 2.43. The fraction of sp³-hybridized carbons (Fsp3) is 0.263. The number of carboxylic acids is 1. The number of methoxy groups -OCH3 is 1. The van der Waals surface area contributed by atoms with Crippen molar-refractivity contribution in [3.05, 3.63) is 59.2 Å². The number of carbonyl (C=O) groups is 2. The Hall–Kier alpha value is -2.82. The van der Waals surface area contributed by atoms with Gasteiger partial charge in [-0.25, -0.2) is 0 Å². The number of nitrogens with one attached hydrogen (secondary N) is 1. The molecule has 2 aromatic carbocycles. The Morgan fingerprint density at radius 2 is 1.83 bits per heavy atom. The highest BCUT2D eigenvalue weighted by molar-refractivity contribution is 5.92. The Bertz CT molecular complexity index is 723. The van der Waals surface area contributed by atoms with E-state index in [-0.39, 0.29) is 18.7 Å². The number of carbonyl (C=O) groups excluding carboxylic acids is 1. The van der Waals surface area contributed by atoms with E-state index in [2.05, 4.69) is 5.32 Å². The molecule has 5 nitrogen and oxygen atoms in total. The fourth-order valence-electron chi connectivity index (χ4n) is 2.43. The molecule has 0 aliphatic carbocycles. The quantitative estimate of drug-likeness (QED) is 0.819. The van der Waals surface area contributed by atoms with Crippen molar-refractivity contribution in [3.63, 3.8) is 0 Å². The second kappa shape index (κ2) is 8.15. The second-order valence-electron chi connectivity index (χ2n) is 5.63. The molecule has 0 atom stereocenters. The minimum atomic E-state index is -0.820. The summed E-state index contributed by atoms with van der Waals surface area (Å²) in [6.45, 7) is 1.97.